The molecule has 0 saturated carbocycles. The molecule has 0 fully saturated rings. The number of sulfonamides is 1. The first-order valence-corrected chi connectivity index (χ1v) is 13.9. The molecule has 8 heteroatoms. The van der Waals surface area contributed by atoms with Gasteiger partial charge in [0.15, 0.2) is 4.90 Å². The number of nitrogens with zero attached hydrogens (tertiary/aromatic N) is 1. The zero-order chi connectivity index (χ0) is 27.5. The standard InChI is InChI=1S/C31H26N2O5S/c34-22-28-27(24-14-6-2-7-15-24)20-25(23-12-4-1-5-13-23)21-31(28,26-16-8-3-9-17-26)32-39(37,38)30-19-11-10-18-29(30)33(35)36/h1-19,21-22,27-28,32H,20H2/t27-,28-,31-/m1/s1. The third-order valence-electron chi connectivity index (χ3n) is 7.23. The van der Waals surface area contributed by atoms with Gasteiger partial charge in [-0.15, -0.1) is 0 Å². The van der Waals surface area contributed by atoms with Crippen molar-refractivity contribution >= 4 is 27.6 Å². The summed E-state index contributed by atoms with van der Waals surface area (Å²) in [5.74, 6) is -1.23. The van der Waals surface area contributed by atoms with Crippen molar-refractivity contribution in [2.24, 2.45) is 5.92 Å². The van der Waals surface area contributed by atoms with Crippen molar-refractivity contribution in [2.75, 3.05) is 0 Å². The number of allylic oxidation sites excluding steroid dienone is 1. The van der Waals surface area contributed by atoms with Crippen LogP contribution in [0.15, 0.2) is 126 Å². The maximum absolute atomic E-state index is 14.0. The number of nitro benzene ring substituents is 1. The number of rotatable bonds is 8. The fourth-order valence-corrected chi connectivity index (χ4v) is 6.99. The van der Waals surface area contributed by atoms with Gasteiger partial charge in [-0.05, 0) is 40.7 Å². The second-order valence-electron chi connectivity index (χ2n) is 9.48. The third kappa shape index (κ3) is 5.04. The molecular formula is C31H26N2O5S. The van der Waals surface area contributed by atoms with Crippen LogP contribution >= 0.6 is 0 Å². The number of benzene rings is 4. The highest BCUT2D eigenvalue weighted by Crippen LogP contribution is 2.50. The molecule has 0 aromatic heterocycles. The lowest BCUT2D eigenvalue weighted by molar-refractivity contribution is -0.387. The molecule has 7 nitrogen and oxygen atoms in total. The van der Waals surface area contributed by atoms with Crippen LogP contribution in [0.2, 0.25) is 0 Å². The molecule has 0 heterocycles. The summed E-state index contributed by atoms with van der Waals surface area (Å²) < 4.78 is 30.8. The summed E-state index contributed by atoms with van der Waals surface area (Å²) in [5, 5.41) is 11.8. The highest BCUT2D eigenvalue weighted by Gasteiger charge is 2.50. The Hall–Kier alpha value is -4.40. The second kappa shape index (κ2) is 10.8. The molecule has 0 saturated heterocycles. The Morgan fingerprint density at radius 2 is 1.38 bits per heavy atom. The van der Waals surface area contributed by atoms with Gasteiger partial charge in [0.2, 0.25) is 10.0 Å². The number of nitrogens with one attached hydrogen (secondary N) is 1. The minimum atomic E-state index is -4.49. The van der Waals surface area contributed by atoms with Gasteiger partial charge in [0.1, 0.15) is 6.29 Å². The monoisotopic (exact) mass is 538 g/mol. The van der Waals surface area contributed by atoms with Crippen molar-refractivity contribution in [3.8, 4) is 0 Å². The van der Waals surface area contributed by atoms with Crippen LogP contribution in [0.4, 0.5) is 5.69 Å². The molecule has 0 spiro atoms. The van der Waals surface area contributed by atoms with Crippen LogP contribution < -0.4 is 4.72 Å². The van der Waals surface area contributed by atoms with Crippen molar-refractivity contribution in [2.45, 2.75) is 22.8 Å². The van der Waals surface area contributed by atoms with E-state index in [0.29, 0.717) is 12.0 Å². The normalized spacial score (nSPS) is 21.1. The van der Waals surface area contributed by atoms with Gasteiger partial charge >= 0.3 is 0 Å². The molecule has 1 N–H and O–H groups in total. The molecule has 39 heavy (non-hydrogen) atoms. The second-order valence-corrected chi connectivity index (χ2v) is 11.1. The van der Waals surface area contributed by atoms with E-state index in [-0.39, 0.29) is 5.92 Å². The minimum Gasteiger partial charge on any atom is -0.303 e. The van der Waals surface area contributed by atoms with E-state index in [1.54, 1.807) is 24.3 Å². The Balaban J connectivity index is 1.79. The highest BCUT2D eigenvalue weighted by atomic mass is 32.2. The van der Waals surface area contributed by atoms with Crippen LogP contribution in [0.5, 0.6) is 0 Å². The molecule has 1 aliphatic carbocycles. The number of carbonyl (C=O) groups excluding carboxylic acids is 1. The average Bonchev–Trinajstić information content (AvgIpc) is 2.98. The Morgan fingerprint density at radius 3 is 2.00 bits per heavy atom. The fourth-order valence-electron chi connectivity index (χ4n) is 5.45. The fraction of sp³-hybridized carbons (Fsp3) is 0.129. The number of hydrogen-bond donors (Lipinski definition) is 1. The number of aldehydes is 1. The van der Waals surface area contributed by atoms with Gasteiger partial charge in [0.25, 0.3) is 5.69 Å². The molecule has 0 bridgehead atoms. The van der Waals surface area contributed by atoms with Gasteiger partial charge in [-0.25, -0.2) is 8.42 Å². The topological polar surface area (TPSA) is 106 Å². The third-order valence-corrected chi connectivity index (χ3v) is 8.76. The van der Waals surface area contributed by atoms with Crippen LogP contribution in [-0.4, -0.2) is 19.6 Å². The first-order chi connectivity index (χ1) is 18.9. The van der Waals surface area contributed by atoms with E-state index < -0.39 is 37.0 Å². The number of carbonyl (C=O) groups is 1. The van der Waals surface area contributed by atoms with Crippen LogP contribution in [-0.2, 0) is 20.4 Å². The van der Waals surface area contributed by atoms with E-state index in [1.807, 2.05) is 72.8 Å². The SMILES string of the molecule is O=C[C@@H]1[C@@H](c2ccccc2)CC(c2ccccc2)=C[C@@]1(NS(=O)(=O)c1ccccc1[N+](=O)[O-])c1ccccc1. The van der Waals surface area contributed by atoms with Crippen LogP contribution in [0.25, 0.3) is 5.57 Å². The van der Waals surface area contributed by atoms with Gasteiger partial charge in [-0.1, -0.05) is 109 Å². The van der Waals surface area contributed by atoms with Crippen molar-refractivity contribution in [1.82, 2.24) is 4.72 Å². The molecule has 4 aromatic rings. The van der Waals surface area contributed by atoms with Gasteiger partial charge < -0.3 is 4.79 Å². The van der Waals surface area contributed by atoms with Crippen LogP contribution in [0.1, 0.15) is 29.0 Å². The molecule has 0 radical (unpaired) electrons. The highest BCUT2D eigenvalue weighted by molar-refractivity contribution is 7.89. The smallest absolute Gasteiger partial charge is 0.289 e. The van der Waals surface area contributed by atoms with Gasteiger partial charge in [-0.2, -0.15) is 4.72 Å². The summed E-state index contributed by atoms with van der Waals surface area (Å²) in [4.78, 5) is 23.6. The van der Waals surface area contributed by atoms with E-state index in [2.05, 4.69) is 4.72 Å². The van der Waals surface area contributed by atoms with Crippen LogP contribution in [0.3, 0.4) is 0 Å². The first kappa shape index (κ1) is 26.2. The molecule has 5 rings (SSSR count). The number of nitro groups is 1. The molecule has 4 aromatic carbocycles. The van der Waals surface area contributed by atoms with Gasteiger partial charge in [0.05, 0.1) is 10.5 Å². The Morgan fingerprint density at radius 1 is 0.821 bits per heavy atom. The van der Waals surface area contributed by atoms with Crippen molar-refractivity contribution in [3.05, 3.63) is 148 Å². The van der Waals surface area contributed by atoms with Gasteiger partial charge in [-0.3, -0.25) is 10.1 Å². The Kier molecular flexibility index (Phi) is 7.24. The van der Waals surface area contributed by atoms with Crippen molar-refractivity contribution in [3.63, 3.8) is 0 Å². The largest absolute Gasteiger partial charge is 0.303 e. The van der Waals surface area contributed by atoms with Crippen molar-refractivity contribution < 1.29 is 18.1 Å². The van der Waals surface area contributed by atoms with E-state index >= 15 is 0 Å². The summed E-state index contributed by atoms with van der Waals surface area (Å²) in [6.45, 7) is 0. The van der Waals surface area contributed by atoms with Gasteiger partial charge in [0, 0.05) is 12.0 Å². The van der Waals surface area contributed by atoms with E-state index in [9.17, 15) is 23.3 Å². The Labute approximate surface area is 227 Å². The molecule has 0 unspecified atom stereocenters. The first-order valence-electron chi connectivity index (χ1n) is 12.5. The summed E-state index contributed by atoms with van der Waals surface area (Å²) in [7, 11) is -4.49. The quantitative estimate of drug-likeness (QED) is 0.172. The van der Waals surface area contributed by atoms with E-state index in [1.165, 1.54) is 18.2 Å². The summed E-state index contributed by atoms with van der Waals surface area (Å²) >= 11 is 0. The predicted molar refractivity (Wildman–Crippen MR) is 149 cm³/mol. The zero-order valence-corrected chi connectivity index (χ0v) is 21.7. The summed E-state index contributed by atoms with van der Waals surface area (Å²) in [5.41, 5.74) is 1.12. The zero-order valence-electron chi connectivity index (χ0n) is 20.9. The number of hydrogen-bond acceptors (Lipinski definition) is 5. The van der Waals surface area contributed by atoms with Crippen LogP contribution in [0, 0.1) is 16.0 Å². The lowest BCUT2D eigenvalue weighted by atomic mass is 9.64. The van der Waals surface area contributed by atoms with E-state index in [4.69, 9.17) is 0 Å². The molecule has 1 aliphatic rings. The lowest BCUT2D eigenvalue weighted by Crippen LogP contribution is -2.53. The molecule has 196 valence electrons. The Bertz CT molecular complexity index is 1620. The number of para-hydroxylation sites is 1. The molecule has 0 amide bonds. The molecule has 3 atom stereocenters. The minimum absolute atomic E-state index is 0.377. The maximum Gasteiger partial charge on any atom is 0.289 e. The molecular weight excluding hydrogens is 512 g/mol. The summed E-state index contributed by atoms with van der Waals surface area (Å²) in [6, 6.07) is 33.2. The molecule has 0 aliphatic heterocycles. The lowest BCUT2D eigenvalue weighted by Gasteiger charge is -2.45. The average molecular weight is 539 g/mol. The van der Waals surface area contributed by atoms with E-state index in [0.717, 1.165) is 29.1 Å². The predicted octanol–water partition coefficient (Wildman–Crippen LogP) is 5.85. The maximum atomic E-state index is 14.0. The van der Waals surface area contributed by atoms with Crippen molar-refractivity contribution in [1.29, 1.82) is 0 Å². The summed E-state index contributed by atoms with van der Waals surface area (Å²) in [6.07, 6.45) is 3.10.